The van der Waals surface area contributed by atoms with E-state index in [2.05, 4.69) is 5.32 Å². The van der Waals surface area contributed by atoms with Gasteiger partial charge >= 0.3 is 0 Å². The average Bonchev–Trinajstić information content (AvgIpc) is 2.59. The molecular weight excluding hydrogens is 348 g/mol. The number of hydrogen-bond donors (Lipinski definition) is 1. The van der Waals surface area contributed by atoms with E-state index in [-0.39, 0.29) is 5.91 Å². The van der Waals surface area contributed by atoms with Crippen LogP contribution in [0.15, 0.2) is 53.4 Å². The number of nitrogens with one attached hydrogen (secondary N) is 1. The molecule has 2 aromatic rings. The highest BCUT2D eigenvalue weighted by molar-refractivity contribution is 7.99. The van der Waals surface area contributed by atoms with Crippen molar-refractivity contribution in [2.24, 2.45) is 0 Å². The maximum absolute atomic E-state index is 12.4. The van der Waals surface area contributed by atoms with Crippen molar-refractivity contribution in [2.75, 3.05) is 19.5 Å². The lowest BCUT2D eigenvalue weighted by atomic mass is 10.2. The summed E-state index contributed by atoms with van der Waals surface area (Å²) in [7, 11) is 3.08. The van der Waals surface area contributed by atoms with Gasteiger partial charge in [-0.25, -0.2) is 0 Å². The van der Waals surface area contributed by atoms with Gasteiger partial charge in [-0.05, 0) is 42.0 Å². The molecule has 0 spiro atoms. The van der Waals surface area contributed by atoms with E-state index in [9.17, 15) is 13.6 Å². The molecule has 1 amide bonds. The fourth-order valence-corrected chi connectivity index (χ4v) is 2.59. The van der Waals surface area contributed by atoms with Crippen molar-refractivity contribution >= 4 is 29.4 Å². The van der Waals surface area contributed by atoms with E-state index in [0.29, 0.717) is 33.8 Å². The highest BCUT2D eigenvalue weighted by atomic mass is 32.2. The summed E-state index contributed by atoms with van der Waals surface area (Å²) in [6.07, 6.45) is 2.96. The minimum absolute atomic E-state index is 0.374. The second-order valence-electron chi connectivity index (χ2n) is 4.87. The van der Waals surface area contributed by atoms with Gasteiger partial charge in [-0.2, -0.15) is 8.78 Å². The van der Waals surface area contributed by atoms with Gasteiger partial charge in [0.15, 0.2) is 0 Å². The van der Waals surface area contributed by atoms with E-state index in [1.54, 1.807) is 56.7 Å². The zero-order valence-corrected chi connectivity index (χ0v) is 14.5. The SMILES string of the molecule is COc1cc(C=CC(=O)Nc2cccc(SC(F)F)c2)cc(OC)c1. The smallest absolute Gasteiger partial charge is 0.288 e. The molecule has 0 aromatic heterocycles. The molecule has 0 heterocycles. The summed E-state index contributed by atoms with van der Waals surface area (Å²) in [5.74, 6) is -1.66. The van der Waals surface area contributed by atoms with Crippen LogP contribution < -0.4 is 14.8 Å². The van der Waals surface area contributed by atoms with Crippen molar-refractivity contribution < 1.29 is 23.0 Å². The Labute approximate surface area is 148 Å². The molecule has 25 heavy (non-hydrogen) atoms. The summed E-state index contributed by atoms with van der Waals surface area (Å²) in [5, 5.41) is 2.64. The van der Waals surface area contributed by atoms with Gasteiger partial charge in [-0.1, -0.05) is 17.8 Å². The second kappa shape index (κ2) is 9.08. The Kier molecular flexibility index (Phi) is 6.82. The number of alkyl halides is 2. The fraction of sp³-hybridized carbons (Fsp3) is 0.167. The maximum atomic E-state index is 12.4. The number of carbonyl (C=O) groups excluding carboxylic acids is 1. The number of benzene rings is 2. The minimum Gasteiger partial charge on any atom is -0.497 e. The van der Waals surface area contributed by atoms with Crippen LogP contribution >= 0.6 is 11.8 Å². The number of carbonyl (C=O) groups is 1. The first-order chi connectivity index (χ1) is 12.0. The van der Waals surface area contributed by atoms with E-state index in [4.69, 9.17) is 9.47 Å². The zero-order valence-electron chi connectivity index (χ0n) is 13.7. The van der Waals surface area contributed by atoms with Gasteiger partial charge < -0.3 is 14.8 Å². The number of methoxy groups -OCH3 is 2. The van der Waals surface area contributed by atoms with Crippen molar-refractivity contribution in [3.63, 3.8) is 0 Å². The Morgan fingerprint density at radius 1 is 1.12 bits per heavy atom. The lowest BCUT2D eigenvalue weighted by Gasteiger charge is -2.06. The van der Waals surface area contributed by atoms with E-state index in [0.717, 1.165) is 5.56 Å². The van der Waals surface area contributed by atoms with Crippen LogP contribution in [0.3, 0.4) is 0 Å². The predicted octanol–water partition coefficient (Wildman–Crippen LogP) is 4.67. The second-order valence-corrected chi connectivity index (χ2v) is 5.94. The number of ether oxygens (including phenoxy) is 2. The molecular formula is C18H17F2NO3S. The van der Waals surface area contributed by atoms with Gasteiger partial charge in [0.2, 0.25) is 5.91 Å². The summed E-state index contributed by atoms with van der Waals surface area (Å²) in [4.78, 5) is 12.4. The van der Waals surface area contributed by atoms with Crippen LogP contribution in [0.5, 0.6) is 11.5 Å². The Morgan fingerprint density at radius 3 is 2.40 bits per heavy atom. The monoisotopic (exact) mass is 365 g/mol. The Hall–Kier alpha value is -2.54. The minimum atomic E-state index is -2.51. The van der Waals surface area contributed by atoms with Crippen molar-refractivity contribution in [2.45, 2.75) is 10.7 Å². The van der Waals surface area contributed by atoms with Crippen LogP contribution in [0.1, 0.15) is 5.56 Å². The maximum Gasteiger partial charge on any atom is 0.288 e. The van der Waals surface area contributed by atoms with Crippen molar-refractivity contribution in [3.8, 4) is 11.5 Å². The molecule has 0 saturated heterocycles. The Balaban J connectivity index is 2.06. The van der Waals surface area contributed by atoms with Crippen LogP contribution in [0, 0.1) is 0 Å². The molecule has 0 bridgehead atoms. The van der Waals surface area contributed by atoms with E-state index in [1.807, 2.05) is 0 Å². The number of halogens is 2. The summed E-state index contributed by atoms with van der Waals surface area (Å²) >= 11 is 0.428. The molecule has 0 aliphatic heterocycles. The first-order valence-electron chi connectivity index (χ1n) is 7.27. The zero-order chi connectivity index (χ0) is 18.2. The highest BCUT2D eigenvalue weighted by Crippen LogP contribution is 2.27. The van der Waals surface area contributed by atoms with Crippen molar-refractivity contribution in [3.05, 3.63) is 54.1 Å². The van der Waals surface area contributed by atoms with Gasteiger partial charge in [0.25, 0.3) is 5.76 Å². The van der Waals surface area contributed by atoms with E-state index >= 15 is 0 Å². The molecule has 0 radical (unpaired) electrons. The van der Waals surface area contributed by atoms with Gasteiger partial charge in [0, 0.05) is 22.7 Å². The first-order valence-corrected chi connectivity index (χ1v) is 8.15. The third-order valence-corrected chi connectivity index (χ3v) is 3.83. The molecule has 0 fully saturated rings. The summed E-state index contributed by atoms with van der Waals surface area (Å²) in [5.41, 5.74) is 1.18. The quantitative estimate of drug-likeness (QED) is 0.572. The molecule has 132 valence electrons. The van der Waals surface area contributed by atoms with Crippen LogP contribution in [0.2, 0.25) is 0 Å². The molecule has 4 nitrogen and oxygen atoms in total. The van der Waals surface area contributed by atoms with Gasteiger partial charge in [0.05, 0.1) is 14.2 Å². The van der Waals surface area contributed by atoms with Crippen molar-refractivity contribution in [1.29, 1.82) is 0 Å². The molecule has 2 rings (SSSR count). The molecule has 0 aliphatic carbocycles. The third kappa shape index (κ3) is 6.11. The standard InChI is InChI=1S/C18H17F2NO3S/c1-23-14-8-12(9-15(11-14)24-2)6-7-17(22)21-13-4-3-5-16(10-13)25-18(19)20/h3-11,18H,1-2H3,(H,21,22). The average molecular weight is 365 g/mol. The summed E-state index contributed by atoms with van der Waals surface area (Å²) < 4.78 is 35.1. The van der Waals surface area contributed by atoms with Gasteiger partial charge in [0.1, 0.15) is 11.5 Å². The molecule has 7 heteroatoms. The van der Waals surface area contributed by atoms with Crippen molar-refractivity contribution in [1.82, 2.24) is 0 Å². The molecule has 0 aliphatic rings. The van der Waals surface area contributed by atoms with Crippen LogP contribution in [-0.2, 0) is 4.79 Å². The fourth-order valence-electron chi connectivity index (χ4n) is 2.03. The topological polar surface area (TPSA) is 47.6 Å². The van der Waals surface area contributed by atoms with Crippen LogP contribution in [0.4, 0.5) is 14.5 Å². The number of thioether (sulfide) groups is 1. The Morgan fingerprint density at radius 2 is 1.80 bits per heavy atom. The molecule has 0 unspecified atom stereocenters. The summed E-state index contributed by atoms with van der Waals surface area (Å²) in [6.45, 7) is 0. The molecule has 2 aromatic carbocycles. The number of hydrogen-bond acceptors (Lipinski definition) is 4. The largest absolute Gasteiger partial charge is 0.497 e. The third-order valence-electron chi connectivity index (χ3n) is 3.13. The highest BCUT2D eigenvalue weighted by Gasteiger charge is 2.06. The van der Waals surface area contributed by atoms with Crippen LogP contribution in [0.25, 0.3) is 6.08 Å². The lowest BCUT2D eigenvalue weighted by Crippen LogP contribution is -2.07. The van der Waals surface area contributed by atoms with Crippen LogP contribution in [-0.4, -0.2) is 25.9 Å². The van der Waals surface area contributed by atoms with Gasteiger partial charge in [-0.15, -0.1) is 0 Å². The predicted molar refractivity (Wildman–Crippen MR) is 95.5 cm³/mol. The number of anilines is 1. The Bertz CT molecular complexity index is 743. The van der Waals surface area contributed by atoms with E-state index in [1.165, 1.54) is 12.1 Å². The summed E-state index contributed by atoms with van der Waals surface area (Å²) in [6, 6.07) is 11.5. The molecule has 0 atom stereocenters. The van der Waals surface area contributed by atoms with Gasteiger partial charge in [-0.3, -0.25) is 4.79 Å². The first kappa shape index (κ1) is 18.8. The molecule has 1 N–H and O–H groups in total. The number of rotatable bonds is 7. The van der Waals surface area contributed by atoms with E-state index < -0.39 is 5.76 Å². The lowest BCUT2D eigenvalue weighted by molar-refractivity contribution is -0.111. The molecule has 0 saturated carbocycles. The number of amides is 1. The normalized spacial score (nSPS) is 10.9.